The first kappa shape index (κ1) is 17.6. The first-order valence-electron chi connectivity index (χ1n) is 6.11. The lowest BCUT2D eigenvalue weighted by Crippen LogP contribution is -2.36. The predicted molar refractivity (Wildman–Crippen MR) is 74.0 cm³/mol. The van der Waals surface area contributed by atoms with Crippen molar-refractivity contribution in [1.29, 1.82) is 0 Å². The molecule has 1 fully saturated rings. The monoisotopic (exact) mass is 329 g/mol. The molecule has 0 saturated heterocycles. The van der Waals surface area contributed by atoms with Crippen molar-refractivity contribution in [2.75, 3.05) is 0 Å². The molecule has 0 aliphatic heterocycles. The molecule has 0 unspecified atom stereocenters. The summed E-state index contributed by atoms with van der Waals surface area (Å²) in [6.45, 7) is 0. The Balaban J connectivity index is 0.00000200. The van der Waals surface area contributed by atoms with E-state index in [0.29, 0.717) is 5.56 Å². The highest BCUT2D eigenvalue weighted by molar-refractivity contribution is 6.31. The van der Waals surface area contributed by atoms with E-state index < -0.39 is 23.9 Å². The second kappa shape index (κ2) is 6.52. The number of hydrogen-bond donors (Lipinski definition) is 2. The molecule has 0 amide bonds. The van der Waals surface area contributed by atoms with Crippen LogP contribution in [-0.2, 0) is 6.18 Å². The topological polar surface area (TPSA) is 46.2 Å². The number of rotatable bonds is 3. The molecular formula is C13H16Cl2F3NO. The lowest BCUT2D eigenvalue weighted by atomic mass is 9.77. The molecule has 2 nitrogen and oxygen atoms in total. The maximum atomic E-state index is 12.6. The average Bonchev–Trinajstić information content (AvgIpc) is 2.23. The minimum absolute atomic E-state index is 0. The van der Waals surface area contributed by atoms with Gasteiger partial charge in [0.05, 0.1) is 22.7 Å². The second-order valence-corrected chi connectivity index (χ2v) is 5.35. The second-order valence-electron chi connectivity index (χ2n) is 4.94. The van der Waals surface area contributed by atoms with Crippen LogP contribution in [0.1, 0.15) is 36.4 Å². The Morgan fingerprint density at radius 2 is 1.90 bits per heavy atom. The van der Waals surface area contributed by atoms with Crippen LogP contribution in [-0.4, -0.2) is 11.2 Å². The van der Waals surface area contributed by atoms with Gasteiger partial charge in [-0.3, -0.25) is 0 Å². The van der Waals surface area contributed by atoms with E-state index in [1.54, 1.807) is 0 Å². The number of benzene rings is 1. The van der Waals surface area contributed by atoms with Crippen molar-refractivity contribution >= 4 is 24.0 Å². The van der Waals surface area contributed by atoms with Gasteiger partial charge in [-0.25, -0.2) is 0 Å². The van der Waals surface area contributed by atoms with Gasteiger partial charge in [0.2, 0.25) is 0 Å². The molecule has 1 aromatic rings. The first-order chi connectivity index (χ1) is 8.80. The minimum Gasteiger partial charge on any atom is -0.391 e. The van der Waals surface area contributed by atoms with E-state index in [9.17, 15) is 18.3 Å². The molecule has 1 aliphatic rings. The smallest absolute Gasteiger partial charge is 0.391 e. The Morgan fingerprint density at radius 1 is 1.30 bits per heavy atom. The van der Waals surface area contributed by atoms with Crippen molar-refractivity contribution < 1.29 is 18.3 Å². The summed E-state index contributed by atoms with van der Waals surface area (Å²) in [6, 6.07) is 2.67. The van der Waals surface area contributed by atoms with Gasteiger partial charge in [0.1, 0.15) is 0 Å². The standard InChI is InChI=1S/C13H15ClF3NO.ClH/c14-10-6-8(4-5-9(10)13(15,16)17)11(18)12(19)7-2-1-3-7;/h4-7,11-12,19H,1-3,18H2;1H/t11-,12+;/m1./s1. The van der Waals surface area contributed by atoms with Crippen LogP contribution in [0.3, 0.4) is 0 Å². The average molecular weight is 330 g/mol. The van der Waals surface area contributed by atoms with E-state index in [1.807, 2.05) is 0 Å². The van der Waals surface area contributed by atoms with Gasteiger partial charge in [-0.2, -0.15) is 13.2 Å². The molecule has 1 aromatic carbocycles. The van der Waals surface area contributed by atoms with E-state index in [0.717, 1.165) is 25.3 Å². The summed E-state index contributed by atoms with van der Waals surface area (Å²) in [7, 11) is 0. The van der Waals surface area contributed by atoms with Crippen molar-refractivity contribution in [3.05, 3.63) is 34.3 Å². The summed E-state index contributed by atoms with van der Waals surface area (Å²) in [5, 5.41) is 9.63. The number of nitrogens with two attached hydrogens (primary N) is 1. The number of alkyl halides is 3. The summed E-state index contributed by atoms with van der Waals surface area (Å²) in [5.74, 6) is 0.135. The fourth-order valence-electron chi connectivity index (χ4n) is 2.24. The van der Waals surface area contributed by atoms with Gasteiger partial charge < -0.3 is 10.8 Å². The van der Waals surface area contributed by atoms with Crippen LogP contribution in [0.4, 0.5) is 13.2 Å². The lowest BCUT2D eigenvalue weighted by molar-refractivity contribution is -0.137. The normalized spacial score (nSPS) is 18.9. The third-order valence-corrected chi connectivity index (χ3v) is 4.00. The molecule has 2 atom stereocenters. The highest BCUT2D eigenvalue weighted by Crippen LogP contribution is 2.38. The predicted octanol–water partition coefficient (Wildman–Crippen LogP) is 3.94. The minimum atomic E-state index is -4.48. The molecular weight excluding hydrogens is 314 g/mol. The van der Waals surface area contributed by atoms with E-state index in [-0.39, 0.29) is 23.3 Å². The maximum absolute atomic E-state index is 12.6. The van der Waals surface area contributed by atoms with Gasteiger partial charge in [0.25, 0.3) is 0 Å². The number of hydrogen-bond acceptors (Lipinski definition) is 2. The first-order valence-corrected chi connectivity index (χ1v) is 6.49. The number of aliphatic hydroxyl groups is 1. The Bertz CT molecular complexity index is 463. The zero-order valence-electron chi connectivity index (χ0n) is 10.5. The van der Waals surface area contributed by atoms with Crippen molar-refractivity contribution in [2.24, 2.45) is 11.7 Å². The highest BCUT2D eigenvalue weighted by Gasteiger charge is 2.35. The van der Waals surface area contributed by atoms with Crippen molar-refractivity contribution in [3.8, 4) is 0 Å². The largest absolute Gasteiger partial charge is 0.417 e. The molecule has 0 radical (unpaired) electrons. The molecule has 114 valence electrons. The summed E-state index contributed by atoms with van der Waals surface area (Å²) < 4.78 is 37.7. The third-order valence-electron chi connectivity index (χ3n) is 3.68. The molecule has 1 aliphatic carbocycles. The molecule has 7 heteroatoms. The van der Waals surface area contributed by atoms with Gasteiger partial charge >= 0.3 is 6.18 Å². The molecule has 0 heterocycles. The van der Waals surface area contributed by atoms with E-state index >= 15 is 0 Å². The number of aliphatic hydroxyl groups excluding tert-OH is 1. The quantitative estimate of drug-likeness (QED) is 0.882. The van der Waals surface area contributed by atoms with Crippen molar-refractivity contribution in [3.63, 3.8) is 0 Å². The SMILES string of the molecule is Cl.N[C@H](c1ccc(C(F)(F)F)c(Cl)c1)[C@@H](O)C1CCC1. The van der Waals surface area contributed by atoms with Crippen LogP contribution in [0.15, 0.2) is 18.2 Å². The van der Waals surface area contributed by atoms with Crippen LogP contribution in [0.5, 0.6) is 0 Å². The summed E-state index contributed by atoms with van der Waals surface area (Å²) in [4.78, 5) is 0. The highest BCUT2D eigenvalue weighted by atomic mass is 35.5. The zero-order chi connectivity index (χ0) is 14.2. The van der Waals surface area contributed by atoms with Gasteiger partial charge in [-0.1, -0.05) is 24.1 Å². The lowest BCUT2D eigenvalue weighted by Gasteiger charge is -2.34. The molecule has 0 spiro atoms. The summed E-state index contributed by atoms with van der Waals surface area (Å²) in [5.41, 5.74) is 5.43. The fourth-order valence-corrected chi connectivity index (χ4v) is 2.54. The third kappa shape index (κ3) is 3.58. The Labute approximate surface area is 126 Å². The van der Waals surface area contributed by atoms with Gasteiger partial charge in [-0.05, 0) is 36.5 Å². The van der Waals surface area contributed by atoms with E-state index in [1.165, 1.54) is 12.1 Å². The van der Waals surface area contributed by atoms with Crippen molar-refractivity contribution in [1.82, 2.24) is 0 Å². The molecule has 3 N–H and O–H groups in total. The van der Waals surface area contributed by atoms with Crippen LogP contribution < -0.4 is 5.73 Å². The Kier molecular flexibility index (Phi) is 5.72. The summed E-state index contributed by atoms with van der Waals surface area (Å²) in [6.07, 6.45) is -2.34. The van der Waals surface area contributed by atoms with Gasteiger partial charge in [0.15, 0.2) is 0 Å². The number of halogens is 5. The Hall–Kier alpha value is -0.490. The maximum Gasteiger partial charge on any atom is 0.417 e. The zero-order valence-corrected chi connectivity index (χ0v) is 12.1. The molecule has 20 heavy (non-hydrogen) atoms. The van der Waals surface area contributed by atoms with Crippen LogP contribution in [0.2, 0.25) is 5.02 Å². The molecule has 0 bridgehead atoms. The Morgan fingerprint density at radius 3 is 2.30 bits per heavy atom. The van der Waals surface area contributed by atoms with Crippen LogP contribution >= 0.6 is 24.0 Å². The molecule has 2 rings (SSSR count). The van der Waals surface area contributed by atoms with Crippen LogP contribution in [0.25, 0.3) is 0 Å². The van der Waals surface area contributed by atoms with Gasteiger partial charge in [0, 0.05) is 0 Å². The van der Waals surface area contributed by atoms with E-state index in [4.69, 9.17) is 17.3 Å². The molecule has 1 saturated carbocycles. The summed E-state index contributed by atoms with van der Waals surface area (Å²) >= 11 is 5.63. The van der Waals surface area contributed by atoms with Gasteiger partial charge in [-0.15, -0.1) is 12.4 Å². The fraction of sp³-hybridized carbons (Fsp3) is 0.538. The van der Waals surface area contributed by atoms with Crippen LogP contribution in [0, 0.1) is 5.92 Å². The van der Waals surface area contributed by atoms with Crippen molar-refractivity contribution in [2.45, 2.75) is 37.6 Å². The van der Waals surface area contributed by atoms with E-state index in [2.05, 4.69) is 0 Å². The molecule has 0 aromatic heterocycles.